The maximum atomic E-state index is 12.0. The summed E-state index contributed by atoms with van der Waals surface area (Å²) in [5.74, 6) is 0. The molecule has 22 heavy (non-hydrogen) atoms. The zero-order valence-electron chi connectivity index (χ0n) is 12.9. The van der Waals surface area contributed by atoms with E-state index < -0.39 is 5.60 Å². The van der Waals surface area contributed by atoms with Crippen LogP contribution in [0.4, 0.5) is 16.2 Å². The average Bonchev–Trinajstić information content (AvgIpc) is 2.73. The van der Waals surface area contributed by atoms with Crippen molar-refractivity contribution in [3.63, 3.8) is 0 Å². The highest BCUT2D eigenvalue weighted by Gasteiger charge is 2.52. The highest BCUT2D eigenvalue weighted by molar-refractivity contribution is 5.76. The van der Waals surface area contributed by atoms with Crippen molar-refractivity contribution in [2.75, 3.05) is 25.0 Å². The van der Waals surface area contributed by atoms with E-state index in [1.54, 1.807) is 11.0 Å². The van der Waals surface area contributed by atoms with Gasteiger partial charge < -0.3 is 15.0 Å². The van der Waals surface area contributed by atoms with Gasteiger partial charge in [-0.1, -0.05) is 12.1 Å². The Bertz CT molecular complexity index is 645. The fourth-order valence-electron chi connectivity index (χ4n) is 3.09. The molecule has 0 saturated carbocycles. The summed E-state index contributed by atoms with van der Waals surface area (Å²) in [6, 6.07) is 5.09. The summed E-state index contributed by atoms with van der Waals surface area (Å²) in [6.45, 7) is 7.13. The number of rotatable bonds is 1. The predicted octanol–water partition coefficient (Wildman–Crippen LogP) is 2.51. The number of carbonyl (C=O) groups excluding carboxylic acids is 1. The molecule has 1 saturated heterocycles. The van der Waals surface area contributed by atoms with Gasteiger partial charge in [0.05, 0.1) is 10.3 Å². The number of hydrogen-bond donors (Lipinski definition) is 1. The summed E-state index contributed by atoms with van der Waals surface area (Å²) >= 11 is 0. The largest absolute Gasteiger partial charge is 0.444 e. The van der Waals surface area contributed by atoms with E-state index in [2.05, 4.69) is 5.32 Å². The number of para-hydroxylation sites is 1. The number of amides is 1. The Balaban J connectivity index is 1.78. The number of ether oxygens (including phenoxy) is 1. The molecule has 2 heterocycles. The van der Waals surface area contributed by atoms with Crippen molar-refractivity contribution in [3.05, 3.63) is 33.9 Å². The topological polar surface area (TPSA) is 84.7 Å². The number of fused-ring (bicyclic) bond motifs is 2. The normalized spacial score (nSPS) is 18.4. The number of nitro benzene ring substituents is 1. The number of nitrogens with one attached hydrogen (secondary N) is 1. The minimum Gasteiger partial charge on any atom is -0.444 e. The van der Waals surface area contributed by atoms with Crippen LogP contribution in [0.5, 0.6) is 0 Å². The third-order valence-electron chi connectivity index (χ3n) is 4.05. The van der Waals surface area contributed by atoms with Crippen molar-refractivity contribution in [1.29, 1.82) is 0 Å². The smallest absolute Gasteiger partial charge is 0.410 e. The van der Waals surface area contributed by atoms with E-state index in [9.17, 15) is 14.9 Å². The van der Waals surface area contributed by atoms with Crippen molar-refractivity contribution >= 4 is 17.5 Å². The second kappa shape index (κ2) is 4.59. The number of benzene rings is 1. The predicted molar refractivity (Wildman–Crippen MR) is 81.1 cm³/mol. The average molecular weight is 305 g/mol. The summed E-state index contributed by atoms with van der Waals surface area (Å²) < 4.78 is 5.35. The van der Waals surface area contributed by atoms with Gasteiger partial charge in [0.1, 0.15) is 11.3 Å². The Morgan fingerprint density at radius 1 is 1.41 bits per heavy atom. The summed E-state index contributed by atoms with van der Waals surface area (Å²) in [5.41, 5.74) is 0.825. The first-order valence-electron chi connectivity index (χ1n) is 7.22. The third-order valence-corrected chi connectivity index (χ3v) is 4.05. The Hall–Kier alpha value is -2.31. The number of hydrogen-bond acceptors (Lipinski definition) is 5. The molecule has 118 valence electrons. The number of anilines is 1. The number of likely N-dealkylation sites (tertiary alicyclic amines) is 1. The summed E-state index contributed by atoms with van der Waals surface area (Å²) in [7, 11) is 0. The molecule has 0 radical (unpaired) electrons. The van der Waals surface area contributed by atoms with Gasteiger partial charge in [-0.15, -0.1) is 0 Å². The highest BCUT2D eigenvalue weighted by atomic mass is 16.6. The fourth-order valence-corrected chi connectivity index (χ4v) is 3.09. The van der Waals surface area contributed by atoms with Gasteiger partial charge >= 0.3 is 6.09 Å². The van der Waals surface area contributed by atoms with Crippen molar-refractivity contribution in [2.24, 2.45) is 0 Å². The third kappa shape index (κ3) is 2.26. The van der Waals surface area contributed by atoms with Gasteiger partial charge in [0, 0.05) is 25.7 Å². The lowest BCUT2D eigenvalue weighted by Crippen LogP contribution is -2.62. The molecular formula is C15H19N3O4. The van der Waals surface area contributed by atoms with Crippen molar-refractivity contribution in [3.8, 4) is 0 Å². The molecule has 0 bridgehead atoms. The molecule has 3 rings (SSSR count). The zero-order valence-corrected chi connectivity index (χ0v) is 12.9. The van der Waals surface area contributed by atoms with E-state index in [-0.39, 0.29) is 22.1 Å². The van der Waals surface area contributed by atoms with Crippen LogP contribution in [0.15, 0.2) is 18.2 Å². The van der Waals surface area contributed by atoms with E-state index in [1.807, 2.05) is 26.8 Å². The summed E-state index contributed by atoms with van der Waals surface area (Å²) in [5, 5.41) is 14.2. The molecule has 1 fully saturated rings. The van der Waals surface area contributed by atoms with E-state index >= 15 is 0 Å². The lowest BCUT2D eigenvalue weighted by atomic mass is 9.75. The fraction of sp³-hybridized carbons (Fsp3) is 0.533. The van der Waals surface area contributed by atoms with Crippen LogP contribution in [-0.4, -0.2) is 41.2 Å². The first kappa shape index (κ1) is 14.6. The molecular weight excluding hydrogens is 286 g/mol. The molecule has 1 aromatic rings. The molecule has 0 atom stereocenters. The van der Waals surface area contributed by atoms with Crippen LogP contribution < -0.4 is 5.32 Å². The molecule has 7 nitrogen and oxygen atoms in total. The van der Waals surface area contributed by atoms with Gasteiger partial charge in [-0.2, -0.15) is 0 Å². The van der Waals surface area contributed by atoms with E-state index in [0.717, 1.165) is 5.56 Å². The van der Waals surface area contributed by atoms with Gasteiger partial charge in [0.25, 0.3) is 5.69 Å². The molecule has 1 aromatic carbocycles. The number of carbonyl (C=O) groups is 1. The van der Waals surface area contributed by atoms with Crippen LogP contribution >= 0.6 is 0 Å². The molecule has 1 N–H and O–H groups in total. The van der Waals surface area contributed by atoms with Gasteiger partial charge in [-0.3, -0.25) is 10.1 Å². The van der Waals surface area contributed by atoms with E-state index in [1.165, 1.54) is 6.07 Å². The molecule has 0 unspecified atom stereocenters. The SMILES string of the molecule is CC(C)(C)OC(=O)N1CC2(CNc3c([N+](=O)[O-])cccc32)C1. The number of nitro groups is 1. The molecule has 0 aliphatic carbocycles. The monoisotopic (exact) mass is 305 g/mol. The van der Waals surface area contributed by atoms with Crippen LogP contribution in [0.3, 0.4) is 0 Å². The van der Waals surface area contributed by atoms with Crippen molar-refractivity contribution in [1.82, 2.24) is 4.90 Å². The maximum Gasteiger partial charge on any atom is 0.410 e. The Morgan fingerprint density at radius 2 is 2.09 bits per heavy atom. The van der Waals surface area contributed by atoms with Crippen molar-refractivity contribution in [2.45, 2.75) is 31.8 Å². The summed E-state index contributed by atoms with van der Waals surface area (Å²) in [6.07, 6.45) is -0.336. The summed E-state index contributed by atoms with van der Waals surface area (Å²) in [4.78, 5) is 24.4. The Morgan fingerprint density at radius 3 is 2.68 bits per heavy atom. The molecule has 1 amide bonds. The second-order valence-electron chi connectivity index (χ2n) is 6.93. The quantitative estimate of drug-likeness (QED) is 0.636. The first-order chi connectivity index (χ1) is 10.2. The number of nitrogens with zero attached hydrogens (tertiary/aromatic N) is 2. The highest BCUT2D eigenvalue weighted by Crippen LogP contribution is 2.46. The molecule has 1 spiro atoms. The molecule has 2 aliphatic rings. The maximum absolute atomic E-state index is 12.0. The van der Waals surface area contributed by atoms with E-state index in [4.69, 9.17) is 4.74 Å². The van der Waals surface area contributed by atoms with Crippen LogP contribution in [0.2, 0.25) is 0 Å². The van der Waals surface area contributed by atoms with E-state index in [0.29, 0.717) is 25.3 Å². The zero-order chi connectivity index (χ0) is 16.1. The van der Waals surface area contributed by atoms with Crippen LogP contribution in [-0.2, 0) is 10.2 Å². The first-order valence-corrected chi connectivity index (χ1v) is 7.22. The van der Waals surface area contributed by atoms with Crippen molar-refractivity contribution < 1.29 is 14.5 Å². The molecule has 7 heteroatoms. The second-order valence-corrected chi connectivity index (χ2v) is 6.93. The van der Waals surface area contributed by atoms with Gasteiger partial charge in [-0.25, -0.2) is 4.79 Å². The van der Waals surface area contributed by atoms with Gasteiger partial charge in [0.15, 0.2) is 0 Å². The Kier molecular flexibility index (Phi) is 3.05. The minimum absolute atomic E-state index is 0.0880. The minimum atomic E-state index is -0.523. The lowest BCUT2D eigenvalue weighted by molar-refractivity contribution is -0.383. The van der Waals surface area contributed by atoms with Crippen LogP contribution in [0, 0.1) is 10.1 Å². The Labute approximate surface area is 128 Å². The molecule has 0 aromatic heterocycles. The van der Waals surface area contributed by atoms with Crippen LogP contribution in [0.1, 0.15) is 26.3 Å². The van der Waals surface area contributed by atoms with Crippen LogP contribution in [0.25, 0.3) is 0 Å². The standard InChI is InChI=1S/C15H19N3O4/c1-14(2,3)22-13(19)17-8-15(9-17)7-16-12-10(15)5-4-6-11(12)18(20)21/h4-6,16H,7-9H2,1-3H3. The van der Waals surface area contributed by atoms with Gasteiger partial charge in [0.2, 0.25) is 0 Å². The lowest BCUT2D eigenvalue weighted by Gasteiger charge is -2.47. The van der Waals surface area contributed by atoms with Gasteiger partial charge in [-0.05, 0) is 26.3 Å². The molecule has 2 aliphatic heterocycles.